The van der Waals surface area contributed by atoms with E-state index >= 15 is 0 Å². The van der Waals surface area contributed by atoms with Gasteiger partial charge in [0.25, 0.3) is 0 Å². The molecule has 7 rings (SSSR count). The summed E-state index contributed by atoms with van der Waals surface area (Å²) in [5.41, 5.74) is 0. The molecule has 0 unspecified atom stereocenters. The fraction of sp³-hybridized carbons (Fsp3) is 0.962. The number of ether oxygens (including phenoxy) is 14. The zero-order valence-corrected chi connectivity index (χ0v) is 53.2. The van der Waals surface area contributed by atoms with E-state index in [1.807, 2.05) is 0 Å². The predicted octanol–water partition coefficient (Wildman–Crippen LogP) is -18.4. The summed E-state index contributed by atoms with van der Waals surface area (Å²) in [5, 5.41) is 267. The van der Waals surface area contributed by atoms with Crippen LogP contribution in [0.15, 0.2) is 0 Å². The SMILES string of the molecule is CC(=O)N[C@H]1[C@H](O[C@@H]([C@H](O)[C@H](CO)NC(C)=O)[C@H](O)CO)O[C@H](CO)[C@@H](O[C@@H]2O[C@H](CO[C@H]3O[C@H](CO[C@H]4O[C@H](CO)[C@@H](O)[C@H](O)[C@@H]4O)[C@@H](O)[C@H](O[C@H]4O[C@H](CO)[C@@H](O)[C@H](O)[C@@H]4O)[C@@H]3O)[C@@H](O)[C@H](O[C@H]3O[C@H](CO)[C@@H](O)[C@H](O)[C@@H]3O[C@H]3O[C@H](COP(=O)(O)O)[C@@H](O)[C@H](O)[C@@H]3O)[C@@H]2O)[C@@H]1O. The van der Waals surface area contributed by atoms with E-state index in [9.17, 15) is 146 Å². The number of hydrogen-bond donors (Lipinski definition) is 28. The molecule has 7 saturated heterocycles. The van der Waals surface area contributed by atoms with Crippen LogP contribution in [0.4, 0.5) is 0 Å². The molecule has 0 aliphatic carbocycles. The Balaban J connectivity index is 1.25. The van der Waals surface area contributed by atoms with E-state index in [1.54, 1.807) is 0 Å². The Kier molecular flexibility index (Phi) is 31.1. The van der Waals surface area contributed by atoms with Gasteiger partial charge in [-0.05, 0) is 0 Å². The lowest BCUT2D eigenvalue weighted by Crippen LogP contribution is -2.69. The molecule has 28 N–H and O–H groups in total. The summed E-state index contributed by atoms with van der Waals surface area (Å²) in [6.07, 6.45) is -79.9. The number of phosphoric acid groups is 1. The number of nitrogens with one attached hydrogen (secondary N) is 2. The van der Waals surface area contributed by atoms with Gasteiger partial charge in [-0.25, -0.2) is 4.57 Å². The second-order valence-electron chi connectivity index (χ2n) is 24.3. The molecule has 0 aromatic heterocycles. The van der Waals surface area contributed by atoms with Crippen LogP contribution < -0.4 is 10.6 Å². The van der Waals surface area contributed by atoms with Crippen molar-refractivity contribution in [3.8, 4) is 0 Å². The Morgan fingerprint density at radius 2 is 0.768 bits per heavy atom. The lowest BCUT2D eigenvalue weighted by molar-refractivity contribution is -0.398. The molecule has 578 valence electrons. The number of aliphatic hydroxyl groups is 24. The summed E-state index contributed by atoms with van der Waals surface area (Å²) in [4.78, 5) is 43.5. The van der Waals surface area contributed by atoms with Gasteiger partial charge in [-0.3, -0.25) is 14.1 Å². The Morgan fingerprint density at radius 3 is 1.23 bits per heavy atom. The molecule has 0 radical (unpaired) electrons. The minimum atomic E-state index is -5.33. The van der Waals surface area contributed by atoms with Crippen molar-refractivity contribution in [1.29, 1.82) is 0 Å². The fourth-order valence-corrected chi connectivity index (χ4v) is 12.2. The third kappa shape index (κ3) is 19.8. The zero-order chi connectivity index (χ0) is 73.6. The van der Waals surface area contributed by atoms with Crippen LogP contribution in [0, 0.1) is 0 Å². The average molecular weight is 1480 g/mol. The highest BCUT2D eigenvalue weighted by Gasteiger charge is 2.59. The molecule has 7 fully saturated rings. The van der Waals surface area contributed by atoms with Gasteiger partial charge in [0, 0.05) is 13.8 Å². The number of aliphatic hydroxyl groups excluding tert-OH is 24. The minimum absolute atomic E-state index is 0.808. The molecule has 2 amide bonds. The standard InChI is InChI=1S/C52H91N2O44P/c1-12(61)53-14(3-55)24(64)41(15(63)4-56)94-46-23(54-13(2)62)31(71)42(19(8-60)90-46)95-51-40(80)44(97-52-45(35(75)27(67)18(7-59)89-52)98-50-38(78)34(74)28(68)22(93-50)11-86-99(81,82)83)30(70)21(92-51)10-85-48-39(79)43(96-49-37(77)33(73)26(66)17(6-58)88-49)29(69)20(91-48)9-84-47-36(76)32(72)25(65)16(5-57)87-47/h14-52,55-60,63-80H,3-11H2,1-2H3,(H,53,61)(H,54,62)(H2,81,82,83)/t14-,15+,16+,17+,18+,19+,20+,21+,22+,23+,24+,25+,26+,27+,28+,29+,30+,31+,32-,33-,34-,35-,36-,37-,38-,39-,40-,41+,42+,43-,44-,45-,46-,47-,48-,49+,50+,51-,52+/m0/s1. The Labute approximate surface area is 559 Å². The summed E-state index contributed by atoms with van der Waals surface area (Å²) >= 11 is 0. The van der Waals surface area contributed by atoms with Gasteiger partial charge >= 0.3 is 7.82 Å². The van der Waals surface area contributed by atoms with Crippen LogP contribution >= 0.6 is 7.82 Å². The molecule has 7 aliphatic rings. The molecule has 0 saturated carbocycles. The Bertz CT molecular complexity index is 2520. The summed E-state index contributed by atoms with van der Waals surface area (Å²) < 4.78 is 96.8. The van der Waals surface area contributed by atoms with Crippen molar-refractivity contribution in [3.05, 3.63) is 0 Å². The highest BCUT2D eigenvalue weighted by Crippen LogP contribution is 2.40. The van der Waals surface area contributed by atoms with E-state index < -0.39 is 318 Å². The van der Waals surface area contributed by atoms with Crippen LogP contribution in [-0.4, -0.2) is 443 Å². The molecular weight excluding hydrogens is 1390 g/mol. The number of amides is 2. The number of carbonyl (C=O) groups is 2. The molecule has 0 aromatic rings. The maximum Gasteiger partial charge on any atom is 0.469 e. The first-order valence-corrected chi connectivity index (χ1v) is 32.3. The summed E-state index contributed by atoms with van der Waals surface area (Å²) in [5.74, 6) is -1.79. The van der Waals surface area contributed by atoms with Crippen molar-refractivity contribution >= 4 is 19.6 Å². The third-order valence-corrected chi connectivity index (χ3v) is 17.8. The second-order valence-corrected chi connectivity index (χ2v) is 25.5. The van der Waals surface area contributed by atoms with Gasteiger partial charge in [0.05, 0.1) is 65.5 Å². The smallest absolute Gasteiger partial charge is 0.394 e. The van der Waals surface area contributed by atoms with Gasteiger partial charge in [-0.1, -0.05) is 0 Å². The van der Waals surface area contributed by atoms with Gasteiger partial charge in [0.15, 0.2) is 44.0 Å². The van der Waals surface area contributed by atoms with E-state index in [0.717, 1.165) is 13.8 Å². The predicted molar refractivity (Wildman–Crippen MR) is 301 cm³/mol. The number of carbonyl (C=O) groups excluding carboxylic acids is 2. The highest BCUT2D eigenvalue weighted by molar-refractivity contribution is 7.46. The van der Waals surface area contributed by atoms with Gasteiger partial charge in [0.1, 0.15) is 189 Å². The van der Waals surface area contributed by atoms with Crippen LogP contribution in [0.1, 0.15) is 13.8 Å². The summed E-state index contributed by atoms with van der Waals surface area (Å²) in [6, 6.07) is -3.60. The van der Waals surface area contributed by atoms with E-state index in [0.29, 0.717) is 0 Å². The second kappa shape index (κ2) is 36.7. The molecule has 0 bridgehead atoms. The van der Waals surface area contributed by atoms with Crippen molar-refractivity contribution < 1.29 is 217 Å². The van der Waals surface area contributed by atoms with Crippen molar-refractivity contribution in [1.82, 2.24) is 10.6 Å². The maximum absolute atomic E-state index is 12.8. The molecule has 99 heavy (non-hydrogen) atoms. The Hall–Kier alpha value is -2.47. The fourth-order valence-electron chi connectivity index (χ4n) is 11.8. The first kappa shape index (κ1) is 83.8. The quantitative estimate of drug-likeness (QED) is 0.0297. The normalized spacial score (nSPS) is 46.0. The number of phosphoric ester groups is 1. The topological polar surface area (TPSA) is 740 Å². The van der Waals surface area contributed by atoms with Crippen molar-refractivity contribution in [3.63, 3.8) is 0 Å². The average Bonchev–Trinajstić information content (AvgIpc) is 0.776. The lowest BCUT2D eigenvalue weighted by atomic mass is 9.94. The van der Waals surface area contributed by atoms with Crippen LogP contribution in [0.5, 0.6) is 0 Å². The van der Waals surface area contributed by atoms with Crippen LogP contribution in [0.25, 0.3) is 0 Å². The zero-order valence-electron chi connectivity index (χ0n) is 52.3. The molecule has 39 atom stereocenters. The minimum Gasteiger partial charge on any atom is -0.394 e. The van der Waals surface area contributed by atoms with Crippen LogP contribution in [0.2, 0.25) is 0 Å². The van der Waals surface area contributed by atoms with Gasteiger partial charge in [0.2, 0.25) is 11.8 Å². The first-order chi connectivity index (χ1) is 46.6. The third-order valence-electron chi connectivity index (χ3n) is 17.3. The van der Waals surface area contributed by atoms with Crippen LogP contribution in [0.3, 0.4) is 0 Å². The van der Waals surface area contributed by atoms with Crippen LogP contribution in [-0.2, 0) is 85.0 Å². The first-order valence-electron chi connectivity index (χ1n) is 30.8. The molecule has 7 heterocycles. The monoisotopic (exact) mass is 1480 g/mol. The molecular formula is C52H91N2O44P. The van der Waals surface area contributed by atoms with E-state index in [4.69, 9.17) is 66.3 Å². The van der Waals surface area contributed by atoms with E-state index in [-0.39, 0.29) is 0 Å². The molecule has 0 spiro atoms. The lowest BCUT2D eigenvalue weighted by Gasteiger charge is -2.50. The van der Waals surface area contributed by atoms with E-state index in [1.165, 1.54) is 0 Å². The van der Waals surface area contributed by atoms with E-state index in [2.05, 4.69) is 15.2 Å². The van der Waals surface area contributed by atoms with Crippen molar-refractivity contribution in [2.75, 3.05) is 59.5 Å². The van der Waals surface area contributed by atoms with Gasteiger partial charge in [-0.2, -0.15) is 0 Å². The molecule has 0 aromatic carbocycles. The molecule has 47 heteroatoms. The van der Waals surface area contributed by atoms with Gasteiger partial charge in [-0.15, -0.1) is 0 Å². The number of rotatable bonds is 30. The largest absolute Gasteiger partial charge is 0.469 e. The van der Waals surface area contributed by atoms with Gasteiger partial charge < -0.3 is 209 Å². The molecule has 46 nitrogen and oxygen atoms in total. The number of hydrogen-bond acceptors (Lipinski definition) is 42. The Morgan fingerprint density at radius 1 is 0.394 bits per heavy atom. The molecule has 7 aliphatic heterocycles. The maximum atomic E-state index is 12.8. The highest BCUT2D eigenvalue weighted by atomic mass is 31.2. The summed E-state index contributed by atoms with van der Waals surface area (Å²) in [7, 11) is -5.33. The summed E-state index contributed by atoms with van der Waals surface area (Å²) in [6.45, 7) is -8.08. The van der Waals surface area contributed by atoms with Crippen molar-refractivity contribution in [2.24, 2.45) is 0 Å². The van der Waals surface area contributed by atoms with Crippen molar-refractivity contribution in [2.45, 2.75) is 253 Å².